The van der Waals surface area contributed by atoms with Gasteiger partial charge in [0.25, 0.3) is 0 Å². The first-order valence-electron chi connectivity index (χ1n) is 11.4. The molecular weight excluding hydrogens is 440 g/mol. The molecule has 1 aromatic carbocycles. The lowest BCUT2D eigenvalue weighted by molar-refractivity contribution is -0.125. The zero-order valence-corrected chi connectivity index (χ0v) is 19.7. The molecule has 1 aliphatic rings. The molecule has 3 aromatic heterocycles. The number of carbonyl (C=O) groups is 1. The van der Waals surface area contributed by atoms with Gasteiger partial charge in [-0.15, -0.1) is 0 Å². The Bertz CT molecular complexity index is 1470. The molecule has 0 spiro atoms. The van der Waals surface area contributed by atoms with E-state index in [1.54, 1.807) is 4.90 Å². The fourth-order valence-electron chi connectivity index (χ4n) is 4.55. The van der Waals surface area contributed by atoms with E-state index >= 15 is 0 Å². The zero-order chi connectivity index (χ0) is 24.5. The normalized spacial score (nSPS) is 13.5. The van der Waals surface area contributed by atoms with Crippen LogP contribution in [0, 0.1) is 6.92 Å². The van der Waals surface area contributed by atoms with Crippen LogP contribution in [-0.4, -0.2) is 43.4 Å². The first kappa shape index (κ1) is 22.3. The number of anilines is 1. The third-order valence-corrected chi connectivity index (χ3v) is 6.17. The average Bonchev–Trinajstić information content (AvgIpc) is 3.17. The van der Waals surface area contributed by atoms with Gasteiger partial charge in [-0.05, 0) is 48.8 Å². The minimum Gasteiger partial charge on any atom is -0.439 e. The maximum Gasteiger partial charge on any atom is 0.246 e. The van der Waals surface area contributed by atoms with Crippen molar-refractivity contribution in [2.24, 2.45) is 7.05 Å². The fourth-order valence-corrected chi connectivity index (χ4v) is 4.55. The van der Waals surface area contributed by atoms with Gasteiger partial charge in [0.1, 0.15) is 23.5 Å². The van der Waals surface area contributed by atoms with Gasteiger partial charge in [0, 0.05) is 37.5 Å². The third-order valence-electron chi connectivity index (χ3n) is 6.17. The molecule has 0 fully saturated rings. The van der Waals surface area contributed by atoms with E-state index in [2.05, 4.69) is 27.6 Å². The Kier molecular flexibility index (Phi) is 5.78. The van der Waals surface area contributed by atoms with Crippen LogP contribution < -0.4 is 10.5 Å². The van der Waals surface area contributed by atoms with Gasteiger partial charge >= 0.3 is 0 Å². The number of nitrogens with two attached hydrogens (primary N) is 1. The number of nitrogen functional groups attached to an aromatic ring is 1. The number of aryl methyl sites for hydroxylation is 2. The number of fused-ring (bicyclic) bond motifs is 1. The van der Waals surface area contributed by atoms with Crippen molar-refractivity contribution >= 4 is 28.3 Å². The van der Waals surface area contributed by atoms with E-state index < -0.39 is 0 Å². The van der Waals surface area contributed by atoms with Gasteiger partial charge in [-0.1, -0.05) is 30.9 Å². The van der Waals surface area contributed by atoms with Crippen LogP contribution in [0.2, 0.25) is 0 Å². The number of hydrogen-bond donors (Lipinski definition) is 1. The Balaban J connectivity index is 1.60. The number of rotatable bonds is 5. The molecule has 0 saturated heterocycles. The summed E-state index contributed by atoms with van der Waals surface area (Å²) in [6.45, 7) is 6.71. The van der Waals surface area contributed by atoms with Crippen molar-refractivity contribution in [3.63, 3.8) is 0 Å². The molecule has 4 aromatic rings. The molecule has 2 N–H and O–H groups in total. The summed E-state index contributed by atoms with van der Waals surface area (Å²) in [6.07, 6.45) is 5.76. The van der Waals surface area contributed by atoms with Gasteiger partial charge in [0.2, 0.25) is 11.8 Å². The van der Waals surface area contributed by atoms with Gasteiger partial charge < -0.3 is 19.9 Å². The molecule has 8 nitrogen and oxygen atoms in total. The predicted molar refractivity (Wildman–Crippen MR) is 137 cm³/mol. The molecule has 4 heterocycles. The fraction of sp³-hybridized carbons (Fsp3) is 0.185. The highest BCUT2D eigenvalue weighted by atomic mass is 16.5. The SMILES string of the molecule is C=CC(=O)N1CCC=C(c2c(-c3ccc(Oc4cccc(C)n4)cc3)c3c(N)ncnc3n2C)C1. The number of aromatic nitrogens is 4. The van der Waals surface area contributed by atoms with E-state index in [0.717, 1.165) is 45.5 Å². The summed E-state index contributed by atoms with van der Waals surface area (Å²) in [5.74, 6) is 1.55. The second-order valence-electron chi connectivity index (χ2n) is 8.47. The molecule has 0 unspecified atom stereocenters. The lowest BCUT2D eigenvalue weighted by atomic mass is 9.96. The molecular formula is C27H26N6O2. The number of ether oxygens (including phenoxy) is 1. The molecule has 0 atom stereocenters. The van der Waals surface area contributed by atoms with E-state index in [4.69, 9.17) is 10.5 Å². The quantitative estimate of drug-likeness (QED) is 0.434. The second kappa shape index (κ2) is 9.06. The van der Waals surface area contributed by atoms with Crippen LogP contribution in [0.3, 0.4) is 0 Å². The van der Waals surface area contributed by atoms with E-state index in [1.807, 2.05) is 61.0 Å². The van der Waals surface area contributed by atoms with Gasteiger partial charge in [0.05, 0.1) is 11.1 Å². The van der Waals surface area contributed by atoms with Crippen molar-refractivity contribution in [2.75, 3.05) is 18.8 Å². The van der Waals surface area contributed by atoms with Crippen LogP contribution in [0.15, 0.2) is 67.5 Å². The summed E-state index contributed by atoms with van der Waals surface area (Å²) in [7, 11) is 1.96. The van der Waals surface area contributed by atoms with Gasteiger partial charge in [-0.25, -0.2) is 15.0 Å². The average molecular weight is 467 g/mol. The lowest BCUT2D eigenvalue weighted by Crippen LogP contribution is -2.34. The maximum absolute atomic E-state index is 12.3. The minimum absolute atomic E-state index is 0.0820. The molecule has 0 saturated carbocycles. The van der Waals surface area contributed by atoms with Crippen molar-refractivity contribution < 1.29 is 9.53 Å². The molecule has 0 bridgehead atoms. The number of benzene rings is 1. The number of hydrogen-bond acceptors (Lipinski definition) is 6. The molecule has 176 valence electrons. The summed E-state index contributed by atoms with van der Waals surface area (Å²) < 4.78 is 7.96. The van der Waals surface area contributed by atoms with Crippen LogP contribution in [0.5, 0.6) is 11.6 Å². The highest BCUT2D eigenvalue weighted by Crippen LogP contribution is 2.41. The zero-order valence-electron chi connectivity index (χ0n) is 19.7. The van der Waals surface area contributed by atoms with Crippen molar-refractivity contribution in [1.29, 1.82) is 0 Å². The van der Waals surface area contributed by atoms with Gasteiger partial charge in [-0.2, -0.15) is 0 Å². The number of pyridine rings is 1. The van der Waals surface area contributed by atoms with Gasteiger partial charge in [-0.3, -0.25) is 4.79 Å². The first-order valence-corrected chi connectivity index (χ1v) is 11.4. The van der Waals surface area contributed by atoms with Crippen LogP contribution in [0.25, 0.3) is 27.7 Å². The molecule has 0 aliphatic carbocycles. The van der Waals surface area contributed by atoms with E-state index in [9.17, 15) is 4.79 Å². The monoisotopic (exact) mass is 466 g/mol. The Hall–Kier alpha value is -4.46. The van der Waals surface area contributed by atoms with E-state index in [1.165, 1.54) is 12.4 Å². The van der Waals surface area contributed by atoms with Crippen LogP contribution in [-0.2, 0) is 11.8 Å². The summed E-state index contributed by atoms with van der Waals surface area (Å²) in [6, 6.07) is 13.5. The van der Waals surface area contributed by atoms with Crippen LogP contribution in [0.4, 0.5) is 5.82 Å². The molecule has 1 aliphatic heterocycles. The minimum atomic E-state index is -0.0820. The Morgan fingerprint density at radius 3 is 2.71 bits per heavy atom. The largest absolute Gasteiger partial charge is 0.439 e. The molecule has 8 heteroatoms. The Morgan fingerprint density at radius 2 is 1.97 bits per heavy atom. The van der Waals surface area contributed by atoms with E-state index in [0.29, 0.717) is 30.5 Å². The van der Waals surface area contributed by atoms with Gasteiger partial charge in [0.15, 0.2) is 0 Å². The van der Waals surface area contributed by atoms with Crippen molar-refractivity contribution in [1.82, 2.24) is 24.4 Å². The highest BCUT2D eigenvalue weighted by Gasteiger charge is 2.26. The molecule has 35 heavy (non-hydrogen) atoms. The first-order chi connectivity index (χ1) is 17.0. The summed E-state index contributed by atoms with van der Waals surface area (Å²) >= 11 is 0. The highest BCUT2D eigenvalue weighted by molar-refractivity contribution is 6.06. The molecule has 5 rings (SSSR count). The van der Waals surface area contributed by atoms with Crippen molar-refractivity contribution in [3.8, 4) is 22.8 Å². The lowest BCUT2D eigenvalue weighted by Gasteiger charge is -2.27. The topological polar surface area (TPSA) is 99.2 Å². The van der Waals surface area contributed by atoms with Crippen molar-refractivity contribution in [3.05, 3.63) is 78.9 Å². The standard InChI is InChI=1S/C27H26N6O2/c1-4-22(34)33-14-6-8-19(15-33)25-23(24-26(28)29-16-30-27(24)32(25)3)18-10-12-20(13-11-18)35-21-9-5-7-17(2)31-21/h4-5,7-13,16H,1,6,14-15H2,2-3H3,(H2,28,29,30). The predicted octanol–water partition coefficient (Wildman–Crippen LogP) is 4.51. The van der Waals surface area contributed by atoms with Crippen LogP contribution in [0.1, 0.15) is 17.8 Å². The number of nitrogens with zero attached hydrogens (tertiary/aromatic N) is 5. The summed E-state index contributed by atoms with van der Waals surface area (Å²) in [5.41, 5.74) is 11.9. The van der Waals surface area contributed by atoms with Crippen LogP contribution >= 0.6 is 0 Å². The molecule has 1 amide bonds. The Labute approximate surface area is 203 Å². The number of amides is 1. The summed E-state index contributed by atoms with van der Waals surface area (Å²) in [4.78, 5) is 27.3. The third kappa shape index (κ3) is 4.14. The van der Waals surface area contributed by atoms with Crippen molar-refractivity contribution in [2.45, 2.75) is 13.3 Å². The van der Waals surface area contributed by atoms with E-state index in [-0.39, 0.29) is 5.91 Å². The number of carbonyl (C=O) groups excluding carboxylic acids is 1. The second-order valence-corrected chi connectivity index (χ2v) is 8.47. The maximum atomic E-state index is 12.3. The summed E-state index contributed by atoms with van der Waals surface area (Å²) in [5, 5.41) is 0.784. The molecule has 0 radical (unpaired) electrons. The smallest absolute Gasteiger partial charge is 0.246 e. The Morgan fingerprint density at radius 1 is 1.17 bits per heavy atom.